The first-order valence-electron chi connectivity index (χ1n) is 8.90. The number of pyridine rings is 3. The Balaban J connectivity index is 1.94. The van der Waals surface area contributed by atoms with E-state index in [0.29, 0.717) is 64.8 Å². The molecule has 152 valence electrons. The number of carbonyl (C=O) groups is 3. The lowest BCUT2D eigenvalue weighted by Crippen LogP contribution is -1.97. The Morgan fingerprint density at radius 1 is 0.613 bits per heavy atom. The first kappa shape index (κ1) is 19.6. The third-order valence-corrected chi connectivity index (χ3v) is 4.32. The van der Waals surface area contributed by atoms with E-state index in [0.717, 1.165) is 5.39 Å². The smallest absolute Gasteiger partial charge is 0.298 e. The van der Waals surface area contributed by atoms with Gasteiger partial charge < -0.3 is 14.2 Å². The number of rotatable bonds is 8. The molecule has 0 bridgehead atoms. The molecular formula is C22H13N3O6. The van der Waals surface area contributed by atoms with Crippen molar-refractivity contribution < 1.29 is 28.6 Å². The van der Waals surface area contributed by atoms with Crippen LogP contribution in [0.15, 0.2) is 60.9 Å². The molecule has 3 aromatic heterocycles. The number of hydrogen-bond acceptors (Lipinski definition) is 9. The van der Waals surface area contributed by atoms with Crippen molar-refractivity contribution in [2.45, 2.75) is 0 Å². The van der Waals surface area contributed by atoms with Gasteiger partial charge in [-0.3, -0.25) is 24.4 Å². The standard InChI is InChI=1S/C22H13N3O6/c26-11-29-15-1-2-18-14(7-15)8-20(19-9-16(30-12-27)3-5-23-19)25-22(18)21-10-17(31-13-28)4-6-24-21/h1-13H. The van der Waals surface area contributed by atoms with Gasteiger partial charge in [0, 0.05) is 29.9 Å². The molecule has 0 saturated carbocycles. The van der Waals surface area contributed by atoms with Crippen LogP contribution in [0.4, 0.5) is 0 Å². The zero-order valence-electron chi connectivity index (χ0n) is 15.8. The normalized spacial score (nSPS) is 10.3. The maximum absolute atomic E-state index is 10.7. The molecule has 9 heteroatoms. The van der Waals surface area contributed by atoms with Crippen LogP contribution in [0.2, 0.25) is 0 Å². The molecule has 3 heterocycles. The van der Waals surface area contributed by atoms with Gasteiger partial charge in [-0.1, -0.05) is 0 Å². The van der Waals surface area contributed by atoms with Crippen molar-refractivity contribution in [2.24, 2.45) is 0 Å². The Labute approximate surface area is 175 Å². The predicted molar refractivity (Wildman–Crippen MR) is 108 cm³/mol. The summed E-state index contributed by atoms with van der Waals surface area (Å²) in [5.41, 5.74) is 1.86. The molecule has 0 atom stereocenters. The summed E-state index contributed by atoms with van der Waals surface area (Å²) in [6.07, 6.45) is 2.98. The summed E-state index contributed by atoms with van der Waals surface area (Å²) in [5.74, 6) is 0.962. The summed E-state index contributed by atoms with van der Waals surface area (Å²) in [6, 6.07) is 13.0. The quantitative estimate of drug-likeness (QED) is 0.400. The summed E-state index contributed by atoms with van der Waals surface area (Å²) in [7, 11) is 0. The van der Waals surface area contributed by atoms with Gasteiger partial charge in [0.15, 0.2) is 0 Å². The maximum Gasteiger partial charge on any atom is 0.298 e. The topological polar surface area (TPSA) is 118 Å². The fourth-order valence-electron chi connectivity index (χ4n) is 3.04. The molecule has 31 heavy (non-hydrogen) atoms. The molecule has 0 amide bonds. The number of hydrogen-bond donors (Lipinski definition) is 0. The molecule has 0 fully saturated rings. The summed E-state index contributed by atoms with van der Waals surface area (Å²) in [6.45, 7) is 0.990. The molecule has 0 saturated heterocycles. The van der Waals surface area contributed by atoms with Gasteiger partial charge in [0.1, 0.15) is 17.2 Å². The number of aromatic nitrogens is 3. The summed E-state index contributed by atoms with van der Waals surface area (Å²) in [5, 5.41) is 1.42. The highest BCUT2D eigenvalue weighted by molar-refractivity contribution is 5.97. The fourth-order valence-corrected chi connectivity index (χ4v) is 3.04. The lowest BCUT2D eigenvalue weighted by atomic mass is 10.0. The van der Waals surface area contributed by atoms with Crippen LogP contribution in [0.3, 0.4) is 0 Å². The molecule has 0 spiro atoms. The molecule has 0 radical (unpaired) electrons. The number of fused-ring (bicyclic) bond motifs is 1. The minimum absolute atomic E-state index is 0.306. The van der Waals surface area contributed by atoms with E-state index in [9.17, 15) is 14.4 Å². The first-order valence-corrected chi connectivity index (χ1v) is 8.90. The molecule has 0 aliphatic rings. The van der Waals surface area contributed by atoms with E-state index in [4.69, 9.17) is 19.2 Å². The Hall–Kier alpha value is -4.66. The van der Waals surface area contributed by atoms with Gasteiger partial charge in [0.2, 0.25) is 0 Å². The highest BCUT2D eigenvalue weighted by atomic mass is 16.5. The molecular weight excluding hydrogens is 402 g/mol. The summed E-state index contributed by atoms with van der Waals surface area (Å²) in [4.78, 5) is 45.5. The zero-order chi connectivity index (χ0) is 21.6. The maximum atomic E-state index is 10.7. The molecule has 4 rings (SSSR count). The Morgan fingerprint density at radius 2 is 1.19 bits per heavy atom. The minimum Gasteiger partial charge on any atom is -0.429 e. The van der Waals surface area contributed by atoms with Gasteiger partial charge in [-0.15, -0.1) is 0 Å². The third kappa shape index (κ3) is 4.20. The number of nitrogens with zero attached hydrogens (tertiary/aromatic N) is 3. The Morgan fingerprint density at radius 3 is 1.84 bits per heavy atom. The van der Waals surface area contributed by atoms with Crippen molar-refractivity contribution in [3.8, 4) is 40.0 Å². The van der Waals surface area contributed by atoms with E-state index in [-0.39, 0.29) is 0 Å². The number of ether oxygens (including phenoxy) is 3. The first-order chi connectivity index (χ1) is 15.2. The van der Waals surface area contributed by atoms with Crippen LogP contribution in [-0.2, 0) is 14.4 Å². The molecule has 9 nitrogen and oxygen atoms in total. The molecule has 4 aromatic rings. The molecule has 0 N–H and O–H groups in total. The average Bonchev–Trinajstić information content (AvgIpc) is 2.79. The van der Waals surface area contributed by atoms with Crippen molar-refractivity contribution in [3.05, 3.63) is 60.9 Å². The van der Waals surface area contributed by atoms with Gasteiger partial charge in [-0.25, -0.2) is 4.98 Å². The van der Waals surface area contributed by atoms with Crippen LogP contribution < -0.4 is 14.2 Å². The van der Waals surface area contributed by atoms with E-state index >= 15 is 0 Å². The van der Waals surface area contributed by atoms with Crippen LogP contribution >= 0.6 is 0 Å². The van der Waals surface area contributed by atoms with Gasteiger partial charge in [-0.05, 0) is 41.8 Å². The van der Waals surface area contributed by atoms with Gasteiger partial charge in [-0.2, -0.15) is 0 Å². The minimum atomic E-state index is 0.306. The number of carbonyl (C=O) groups excluding carboxylic acids is 3. The van der Waals surface area contributed by atoms with Gasteiger partial charge >= 0.3 is 0 Å². The summed E-state index contributed by atoms with van der Waals surface area (Å²) < 4.78 is 14.8. The van der Waals surface area contributed by atoms with E-state index in [2.05, 4.69) is 9.97 Å². The van der Waals surface area contributed by atoms with Crippen LogP contribution in [0, 0.1) is 0 Å². The van der Waals surface area contributed by atoms with Crippen molar-refractivity contribution in [2.75, 3.05) is 0 Å². The lowest BCUT2D eigenvalue weighted by Gasteiger charge is -2.11. The van der Waals surface area contributed by atoms with Crippen molar-refractivity contribution in [1.82, 2.24) is 15.0 Å². The predicted octanol–water partition coefficient (Wildman–Crippen LogP) is 2.96. The van der Waals surface area contributed by atoms with Crippen molar-refractivity contribution in [1.29, 1.82) is 0 Å². The summed E-state index contributed by atoms with van der Waals surface area (Å²) >= 11 is 0. The molecule has 0 aliphatic heterocycles. The lowest BCUT2D eigenvalue weighted by molar-refractivity contribution is -0.121. The second-order valence-corrected chi connectivity index (χ2v) is 6.13. The Bertz CT molecular complexity index is 1290. The van der Waals surface area contributed by atoms with Crippen LogP contribution in [0.1, 0.15) is 0 Å². The molecule has 0 unspecified atom stereocenters. The van der Waals surface area contributed by atoms with Crippen LogP contribution in [0.5, 0.6) is 17.2 Å². The fraction of sp³-hybridized carbons (Fsp3) is 0. The van der Waals surface area contributed by atoms with E-state index in [1.807, 2.05) is 0 Å². The highest BCUT2D eigenvalue weighted by Crippen LogP contribution is 2.33. The molecule has 1 aromatic carbocycles. The van der Waals surface area contributed by atoms with E-state index in [1.54, 1.807) is 42.5 Å². The SMILES string of the molecule is O=COc1ccnc(-c2cc3cc(OC=O)ccc3c(-c3cc(OC=O)ccn3)n2)c1. The van der Waals surface area contributed by atoms with Crippen LogP contribution in [0.25, 0.3) is 33.5 Å². The largest absolute Gasteiger partial charge is 0.429 e. The van der Waals surface area contributed by atoms with Crippen LogP contribution in [-0.4, -0.2) is 34.4 Å². The second-order valence-electron chi connectivity index (χ2n) is 6.13. The Kier molecular flexibility index (Phi) is 5.57. The highest BCUT2D eigenvalue weighted by Gasteiger charge is 2.14. The third-order valence-electron chi connectivity index (χ3n) is 4.32. The van der Waals surface area contributed by atoms with Gasteiger partial charge in [0.25, 0.3) is 19.4 Å². The monoisotopic (exact) mass is 415 g/mol. The molecule has 0 aliphatic carbocycles. The zero-order valence-corrected chi connectivity index (χ0v) is 15.8. The van der Waals surface area contributed by atoms with E-state index in [1.165, 1.54) is 18.5 Å². The van der Waals surface area contributed by atoms with Crippen molar-refractivity contribution in [3.63, 3.8) is 0 Å². The average molecular weight is 415 g/mol. The number of benzene rings is 1. The second kappa shape index (κ2) is 8.78. The van der Waals surface area contributed by atoms with Gasteiger partial charge in [0.05, 0.1) is 22.8 Å². The van der Waals surface area contributed by atoms with Crippen molar-refractivity contribution >= 4 is 30.2 Å². The van der Waals surface area contributed by atoms with E-state index < -0.39 is 0 Å².